The van der Waals surface area contributed by atoms with E-state index in [0.717, 1.165) is 30.7 Å². The highest BCUT2D eigenvalue weighted by Gasteiger charge is 2.43. The van der Waals surface area contributed by atoms with Crippen molar-refractivity contribution in [3.63, 3.8) is 0 Å². The van der Waals surface area contributed by atoms with E-state index in [9.17, 15) is 18.0 Å². The molecule has 1 amide bonds. The normalized spacial score (nSPS) is 21.7. The first kappa shape index (κ1) is 25.2. The second-order valence-corrected chi connectivity index (χ2v) is 10.3. The first-order valence-corrected chi connectivity index (χ1v) is 12.2. The van der Waals surface area contributed by atoms with E-state index in [1.165, 1.54) is 19.9 Å². The van der Waals surface area contributed by atoms with Crippen LogP contribution in [0.15, 0.2) is 36.5 Å². The third-order valence-corrected chi connectivity index (χ3v) is 7.10. The molecule has 2 aliphatic heterocycles. The molecule has 9 nitrogen and oxygen atoms in total. The molecule has 196 valence electrons. The Kier molecular flexibility index (Phi) is 6.47. The van der Waals surface area contributed by atoms with E-state index in [-0.39, 0.29) is 23.1 Å². The number of hydrogen-bond donors (Lipinski definition) is 2. The highest BCUT2D eigenvalue weighted by molar-refractivity contribution is 6.30. The molecule has 2 aliphatic rings. The molecule has 2 fully saturated rings. The van der Waals surface area contributed by atoms with Gasteiger partial charge in [0.25, 0.3) is 5.91 Å². The summed E-state index contributed by atoms with van der Waals surface area (Å²) in [5, 5.41) is 16.6. The average molecular weight is 536 g/mol. The average Bonchev–Trinajstić information content (AvgIpc) is 3.46. The zero-order valence-corrected chi connectivity index (χ0v) is 20.8. The van der Waals surface area contributed by atoms with E-state index in [2.05, 4.69) is 35.8 Å². The molecule has 5 rings (SSSR count). The van der Waals surface area contributed by atoms with Crippen LogP contribution in [0.25, 0.3) is 11.5 Å². The molecule has 4 heterocycles. The van der Waals surface area contributed by atoms with Gasteiger partial charge in [-0.2, -0.15) is 13.2 Å². The summed E-state index contributed by atoms with van der Waals surface area (Å²) in [5.74, 6) is -0.425. The Hall–Kier alpha value is -3.41. The topological polar surface area (TPSA) is 109 Å². The predicted molar refractivity (Wildman–Crippen MR) is 129 cm³/mol. The van der Waals surface area contributed by atoms with Crippen molar-refractivity contribution in [3.05, 3.63) is 47.1 Å². The number of aromatic nitrogens is 5. The van der Waals surface area contributed by atoms with Gasteiger partial charge in [0.15, 0.2) is 11.4 Å². The van der Waals surface area contributed by atoms with Crippen LogP contribution >= 0.6 is 11.6 Å². The van der Waals surface area contributed by atoms with Gasteiger partial charge >= 0.3 is 6.18 Å². The van der Waals surface area contributed by atoms with Gasteiger partial charge < -0.3 is 15.0 Å². The summed E-state index contributed by atoms with van der Waals surface area (Å²) in [5.41, 5.74) is -0.926. The number of carbonyl (C=O) groups excluding carboxylic acids is 1. The number of rotatable bonds is 6. The zero-order chi connectivity index (χ0) is 26.4. The van der Waals surface area contributed by atoms with E-state index in [1.807, 2.05) is 12.1 Å². The number of fused-ring (bicyclic) bond motifs is 2. The van der Waals surface area contributed by atoms with E-state index in [4.69, 9.17) is 16.3 Å². The number of halogens is 4. The minimum atomic E-state index is -4.67. The van der Waals surface area contributed by atoms with Crippen molar-refractivity contribution < 1.29 is 22.7 Å². The number of amides is 1. The van der Waals surface area contributed by atoms with E-state index >= 15 is 0 Å². The Morgan fingerprint density at radius 3 is 2.49 bits per heavy atom. The molecule has 2 bridgehead atoms. The number of anilines is 1. The standard InChI is InChI=1S/C24H25ClF3N7O2/c1-23(2,37-20-8-3-13(25)9-18(20)24(26,27)28)22(36)30-14-10-15-4-5-16(11-14)35(15)17-6-7-19(29-12-17)21-31-33-34-32-21/h3,6-9,12,14-16H,4-5,10-11H2,1-2H3,(H,30,36)(H,31,32,33,34)/t14-,15+,16-. The number of nitrogens with one attached hydrogen (secondary N) is 2. The van der Waals surface area contributed by atoms with Crippen molar-refractivity contribution in [2.75, 3.05) is 4.90 Å². The van der Waals surface area contributed by atoms with Crippen LogP contribution in [0.2, 0.25) is 5.02 Å². The summed E-state index contributed by atoms with van der Waals surface area (Å²) < 4.78 is 46.0. The van der Waals surface area contributed by atoms with Crippen molar-refractivity contribution in [2.24, 2.45) is 0 Å². The van der Waals surface area contributed by atoms with Gasteiger partial charge in [-0.3, -0.25) is 9.78 Å². The lowest BCUT2D eigenvalue weighted by atomic mass is 9.95. The molecule has 2 aromatic heterocycles. The molecule has 3 aromatic rings. The molecule has 1 aromatic carbocycles. The molecule has 37 heavy (non-hydrogen) atoms. The maximum Gasteiger partial charge on any atom is 0.420 e. The van der Waals surface area contributed by atoms with Crippen LogP contribution in [-0.2, 0) is 11.0 Å². The molecule has 0 unspecified atom stereocenters. The van der Waals surface area contributed by atoms with Gasteiger partial charge in [0.1, 0.15) is 11.4 Å². The Balaban J connectivity index is 1.24. The number of pyridine rings is 1. The molecular weight excluding hydrogens is 511 g/mol. The lowest BCUT2D eigenvalue weighted by Gasteiger charge is -2.41. The number of carbonyl (C=O) groups is 1. The van der Waals surface area contributed by atoms with Gasteiger partial charge in [-0.05, 0) is 80.3 Å². The van der Waals surface area contributed by atoms with Crippen LogP contribution in [0, 0.1) is 0 Å². The minimum Gasteiger partial charge on any atom is -0.477 e. The fourth-order valence-corrected chi connectivity index (χ4v) is 5.33. The lowest BCUT2D eigenvalue weighted by Crippen LogP contribution is -2.55. The molecule has 13 heteroatoms. The molecule has 3 atom stereocenters. The molecule has 0 spiro atoms. The Morgan fingerprint density at radius 2 is 1.89 bits per heavy atom. The number of H-pyrrole nitrogens is 1. The van der Waals surface area contributed by atoms with Gasteiger partial charge in [-0.15, -0.1) is 5.10 Å². The van der Waals surface area contributed by atoms with E-state index in [0.29, 0.717) is 24.4 Å². The molecule has 0 saturated carbocycles. The van der Waals surface area contributed by atoms with Gasteiger partial charge in [0, 0.05) is 23.1 Å². The van der Waals surface area contributed by atoms with Gasteiger partial charge in [-0.25, -0.2) is 5.10 Å². The molecule has 0 radical (unpaired) electrons. The first-order valence-electron chi connectivity index (χ1n) is 11.9. The summed E-state index contributed by atoms with van der Waals surface area (Å²) in [6.45, 7) is 2.91. The largest absolute Gasteiger partial charge is 0.477 e. The Labute approximate surface area is 215 Å². The van der Waals surface area contributed by atoms with Crippen LogP contribution in [0.1, 0.15) is 45.1 Å². The van der Waals surface area contributed by atoms with Crippen LogP contribution in [-0.4, -0.2) is 55.2 Å². The number of aromatic amines is 1. The van der Waals surface area contributed by atoms with Crippen LogP contribution in [0.5, 0.6) is 5.75 Å². The molecule has 0 aliphatic carbocycles. The van der Waals surface area contributed by atoms with E-state index < -0.39 is 29.0 Å². The zero-order valence-electron chi connectivity index (χ0n) is 20.1. The van der Waals surface area contributed by atoms with Crippen molar-refractivity contribution in [1.82, 2.24) is 30.9 Å². The highest BCUT2D eigenvalue weighted by Crippen LogP contribution is 2.41. The lowest BCUT2D eigenvalue weighted by molar-refractivity contribution is -0.143. The van der Waals surface area contributed by atoms with Gasteiger partial charge in [-0.1, -0.05) is 11.6 Å². The maximum atomic E-state index is 13.5. The fourth-order valence-electron chi connectivity index (χ4n) is 5.16. The van der Waals surface area contributed by atoms with Gasteiger partial charge in [0.05, 0.1) is 17.4 Å². The fraction of sp³-hybridized carbons (Fsp3) is 0.458. The number of benzene rings is 1. The van der Waals surface area contributed by atoms with Crippen molar-refractivity contribution in [2.45, 2.75) is 69.4 Å². The second-order valence-electron chi connectivity index (χ2n) is 9.84. The number of piperidine rings is 1. The number of ether oxygens (including phenoxy) is 1. The number of tetrazole rings is 1. The smallest absolute Gasteiger partial charge is 0.420 e. The number of nitrogens with zero attached hydrogens (tertiary/aromatic N) is 5. The third kappa shape index (κ3) is 5.20. The summed E-state index contributed by atoms with van der Waals surface area (Å²) in [7, 11) is 0. The number of hydrogen-bond acceptors (Lipinski definition) is 7. The quantitative estimate of drug-likeness (QED) is 0.481. The number of alkyl halides is 3. The summed E-state index contributed by atoms with van der Waals surface area (Å²) >= 11 is 5.75. The van der Waals surface area contributed by atoms with Crippen LogP contribution in [0.4, 0.5) is 18.9 Å². The van der Waals surface area contributed by atoms with Crippen LogP contribution in [0.3, 0.4) is 0 Å². The van der Waals surface area contributed by atoms with Crippen molar-refractivity contribution in [3.8, 4) is 17.3 Å². The summed E-state index contributed by atoms with van der Waals surface area (Å²) in [6, 6.07) is 7.37. The summed E-state index contributed by atoms with van der Waals surface area (Å²) in [4.78, 5) is 19.9. The molecule has 2 saturated heterocycles. The summed E-state index contributed by atoms with van der Waals surface area (Å²) in [6.07, 6.45) is 0.498. The first-order chi connectivity index (χ1) is 17.5. The van der Waals surface area contributed by atoms with Crippen molar-refractivity contribution >= 4 is 23.2 Å². The highest BCUT2D eigenvalue weighted by atomic mass is 35.5. The minimum absolute atomic E-state index is 0.0658. The van der Waals surface area contributed by atoms with Crippen LogP contribution < -0.4 is 15.0 Å². The SMILES string of the molecule is CC(C)(Oc1ccc(Cl)cc1C(F)(F)F)C(=O)N[C@H]1C[C@H]2CC[C@@H](C1)N2c1ccc(-c2nnn[nH]2)nc1. The van der Waals surface area contributed by atoms with Crippen molar-refractivity contribution in [1.29, 1.82) is 0 Å². The third-order valence-electron chi connectivity index (χ3n) is 6.86. The molecule has 2 N–H and O–H groups in total. The predicted octanol–water partition coefficient (Wildman–Crippen LogP) is 4.41. The monoisotopic (exact) mass is 535 g/mol. The Morgan fingerprint density at radius 1 is 1.16 bits per heavy atom. The maximum absolute atomic E-state index is 13.5. The van der Waals surface area contributed by atoms with Gasteiger partial charge in [0.2, 0.25) is 0 Å². The Bertz CT molecular complexity index is 1250. The van der Waals surface area contributed by atoms with E-state index in [1.54, 1.807) is 6.20 Å². The molecular formula is C24H25ClF3N7O2. The second kappa shape index (κ2) is 9.47.